The number of nitrogens with two attached hydrogens (primary N) is 1. The van der Waals surface area contributed by atoms with Crippen LogP contribution >= 0.6 is 0 Å². The van der Waals surface area contributed by atoms with E-state index in [-0.39, 0.29) is 11.9 Å². The van der Waals surface area contributed by atoms with Gasteiger partial charge in [-0.1, -0.05) is 30.3 Å². The standard InChI is InChI=1S/C15H24N2O/c1-12(8-7-11-16)17-14(18)15(2,3)13-9-5-4-6-10-13/h4-6,9-10,12H,7-8,11,16H2,1-3H3,(H,17,18). The lowest BCUT2D eigenvalue weighted by atomic mass is 9.83. The van der Waals surface area contributed by atoms with Gasteiger partial charge in [0, 0.05) is 6.04 Å². The molecule has 100 valence electrons. The smallest absolute Gasteiger partial charge is 0.230 e. The van der Waals surface area contributed by atoms with Gasteiger partial charge in [0.25, 0.3) is 0 Å². The van der Waals surface area contributed by atoms with Crippen molar-refractivity contribution in [2.75, 3.05) is 6.54 Å². The number of rotatable bonds is 6. The van der Waals surface area contributed by atoms with Crippen molar-refractivity contribution in [3.05, 3.63) is 35.9 Å². The molecule has 0 saturated carbocycles. The molecule has 0 aromatic heterocycles. The van der Waals surface area contributed by atoms with Crippen molar-refractivity contribution >= 4 is 5.91 Å². The van der Waals surface area contributed by atoms with Crippen LogP contribution in [0.25, 0.3) is 0 Å². The van der Waals surface area contributed by atoms with Gasteiger partial charge in [-0.3, -0.25) is 4.79 Å². The van der Waals surface area contributed by atoms with Gasteiger partial charge >= 0.3 is 0 Å². The van der Waals surface area contributed by atoms with Crippen LogP contribution in [0.2, 0.25) is 0 Å². The molecule has 1 aromatic carbocycles. The van der Waals surface area contributed by atoms with E-state index in [1.165, 1.54) is 0 Å². The molecule has 1 rings (SSSR count). The monoisotopic (exact) mass is 248 g/mol. The van der Waals surface area contributed by atoms with Gasteiger partial charge in [-0.2, -0.15) is 0 Å². The predicted molar refractivity (Wildman–Crippen MR) is 75.4 cm³/mol. The Morgan fingerprint density at radius 3 is 2.50 bits per heavy atom. The molecule has 1 amide bonds. The van der Waals surface area contributed by atoms with E-state index in [1.807, 2.05) is 51.1 Å². The molecule has 0 saturated heterocycles. The van der Waals surface area contributed by atoms with E-state index in [9.17, 15) is 4.79 Å². The third-order valence-electron chi connectivity index (χ3n) is 3.28. The number of benzene rings is 1. The lowest BCUT2D eigenvalue weighted by molar-refractivity contribution is -0.126. The lowest BCUT2D eigenvalue weighted by Crippen LogP contribution is -2.44. The number of hydrogen-bond donors (Lipinski definition) is 2. The van der Waals surface area contributed by atoms with Crippen molar-refractivity contribution in [2.24, 2.45) is 5.73 Å². The first-order valence-corrected chi connectivity index (χ1v) is 6.55. The van der Waals surface area contributed by atoms with E-state index in [0.29, 0.717) is 6.54 Å². The summed E-state index contributed by atoms with van der Waals surface area (Å²) in [6.45, 7) is 6.59. The topological polar surface area (TPSA) is 55.1 Å². The molecule has 1 atom stereocenters. The molecule has 3 heteroatoms. The van der Waals surface area contributed by atoms with Gasteiger partial charge in [0.05, 0.1) is 5.41 Å². The van der Waals surface area contributed by atoms with E-state index in [4.69, 9.17) is 5.73 Å². The van der Waals surface area contributed by atoms with Gasteiger partial charge in [0.15, 0.2) is 0 Å². The molecule has 0 aliphatic heterocycles. The number of amides is 1. The number of carbonyl (C=O) groups is 1. The van der Waals surface area contributed by atoms with E-state index < -0.39 is 5.41 Å². The lowest BCUT2D eigenvalue weighted by Gasteiger charge is -2.26. The number of nitrogens with one attached hydrogen (secondary N) is 1. The highest BCUT2D eigenvalue weighted by atomic mass is 16.2. The third kappa shape index (κ3) is 3.84. The van der Waals surface area contributed by atoms with Crippen LogP contribution in [-0.4, -0.2) is 18.5 Å². The predicted octanol–water partition coefficient (Wildman–Crippen LogP) is 2.21. The molecule has 3 N–H and O–H groups in total. The molecule has 0 aliphatic carbocycles. The molecular formula is C15H24N2O. The highest BCUT2D eigenvalue weighted by molar-refractivity contribution is 5.87. The van der Waals surface area contributed by atoms with E-state index >= 15 is 0 Å². The SMILES string of the molecule is CC(CCCN)NC(=O)C(C)(C)c1ccccc1. The van der Waals surface area contributed by atoms with Crippen LogP contribution in [0.4, 0.5) is 0 Å². The Morgan fingerprint density at radius 1 is 1.33 bits per heavy atom. The van der Waals surface area contributed by atoms with Crippen LogP contribution in [0.1, 0.15) is 39.2 Å². The highest BCUT2D eigenvalue weighted by Crippen LogP contribution is 2.23. The quantitative estimate of drug-likeness (QED) is 0.811. The molecule has 0 bridgehead atoms. The summed E-state index contributed by atoms with van der Waals surface area (Å²) in [5, 5.41) is 3.06. The maximum absolute atomic E-state index is 12.3. The molecule has 3 nitrogen and oxygen atoms in total. The fourth-order valence-corrected chi connectivity index (χ4v) is 1.89. The summed E-state index contributed by atoms with van der Waals surface area (Å²) in [6.07, 6.45) is 1.86. The molecule has 0 heterocycles. The second-order valence-electron chi connectivity index (χ2n) is 5.30. The van der Waals surface area contributed by atoms with Gasteiger partial charge in [0.2, 0.25) is 5.91 Å². The Labute approximate surface area is 110 Å². The third-order valence-corrected chi connectivity index (χ3v) is 3.28. The molecular weight excluding hydrogens is 224 g/mol. The first-order valence-electron chi connectivity index (χ1n) is 6.55. The van der Waals surface area contributed by atoms with Crippen molar-refractivity contribution < 1.29 is 4.79 Å². The summed E-state index contributed by atoms with van der Waals surface area (Å²) in [6, 6.07) is 10.0. The zero-order valence-corrected chi connectivity index (χ0v) is 11.6. The number of hydrogen-bond acceptors (Lipinski definition) is 2. The molecule has 18 heavy (non-hydrogen) atoms. The van der Waals surface area contributed by atoms with Crippen molar-refractivity contribution in [1.29, 1.82) is 0 Å². The van der Waals surface area contributed by atoms with Crippen molar-refractivity contribution in [1.82, 2.24) is 5.32 Å². The van der Waals surface area contributed by atoms with Gasteiger partial charge in [-0.15, -0.1) is 0 Å². The van der Waals surface area contributed by atoms with Crippen LogP contribution in [0.5, 0.6) is 0 Å². The fourth-order valence-electron chi connectivity index (χ4n) is 1.89. The average Bonchev–Trinajstić information content (AvgIpc) is 2.37. The minimum absolute atomic E-state index is 0.0678. The van der Waals surface area contributed by atoms with Crippen LogP contribution in [0.15, 0.2) is 30.3 Å². The van der Waals surface area contributed by atoms with Crippen molar-refractivity contribution in [3.63, 3.8) is 0 Å². The summed E-state index contributed by atoms with van der Waals surface area (Å²) in [4.78, 5) is 12.3. The Morgan fingerprint density at radius 2 is 1.94 bits per heavy atom. The summed E-state index contributed by atoms with van der Waals surface area (Å²) >= 11 is 0. The Kier molecular flexibility index (Phi) is 5.35. The zero-order valence-electron chi connectivity index (χ0n) is 11.6. The Hall–Kier alpha value is -1.35. The normalized spacial score (nSPS) is 13.1. The minimum atomic E-state index is -0.502. The Balaban J connectivity index is 2.65. The summed E-state index contributed by atoms with van der Waals surface area (Å²) in [7, 11) is 0. The second kappa shape index (κ2) is 6.55. The average molecular weight is 248 g/mol. The summed E-state index contributed by atoms with van der Waals surface area (Å²) < 4.78 is 0. The van der Waals surface area contributed by atoms with Crippen LogP contribution in [0.3, 0.4) is 0 Å². The molecule has 0 fully saturated rings. The van der Waals surface area contributed by atoms with E-state index in [2.05, 4.69) is 5.32 Å². The van der Waals surface area contributed by atoms with Crippen LogP contribution in [-0.2, 0) is 10.2 Å². The van der Waals surface area contributed by atoms with Gasteiger partial charge < -0.3 is 11.1 Å². The number of carbonyl (C=O) groups excluding carboxylic acids is 1. The fraction of sp³-hybridized carbons (Fsp3) is 0.533. The van der Waals surface area contributed by atoms with Crippen LogP contribution in [0, 0.1) is 0 Å². The summed E-state index contributed by atoms with van der Waals surface area (Å²) in [5.74, 6) is 0.0678. The van der Waals surface area contributed by atoms with E-state index in [1.54, 1.807) is 0 Å². The first-order chi connectivity index (χ1) is 8.48. The van der Waals surface area contributed by atoms with Crippen LogP contribution < -0.4 is 11.1 Å². The first kappa shape index (κ1) is 14.7. The highest BCUT2D eigenvalue weighted by Gasteiger charge is 2.30. The maximum atomic E-state index is 12.3. The van der Waals surface area contributed by atoms with Gasteiger partial charge in [-0.05, 0) is 45.7 Å². The molecule has 1 aromatic rings. The summed E-state index contributed by atoms with van der Waals surface area (Å²) in [5.41, 5.74) is 6.01. The van der Waals surface area contributed by atoms with Crippen molar-refractivity contribution in [2.45, 2.75) is 45.1 Å². The van der Waals surface area contributed by atoms with E-state index in [0.717, 1.165) is 18.4 Å². The molecule has 0 spiro atoms. The maximum Gasteiger partial charge on any atom is 0.230 e. The van der Waals surface area contributed by atoms with Gasteiger partial charge in [0.1, 0.15) is 0 Å². The zero-order chi connectivity index (χ0) is 13.6. The van der Waals surface area contributed by atoms with Crippen molar-refractivity contribution in [3.8, 4) is 0 Å². The largest absolute Gasteiger partial charge is 0.353 e. The molecule has 1 unspecified atom stereocenters. The molecule has 0 radical (unpaired) electrons. The minimum Gasteiger partial charge on any atom is -0.353 e. The Bertz CT molecular complexity index is 373. The van der Waals surface area contributed by atoms with Gasteiger partial charge in [-0.25, -0.2) is 0 Å². The second-order valence-corrected chi connectivity index (χ2v) is 5.30. The molecule has 0 aliphatic rings.